The molecule has 0 bridgehead atoms. The van der Waals surface area contributed by atoms with Crippen molar-refractivity contribution in [3.63, 3.8) is 0 Å². The fraction of sp³-hybridized carbons (Fsp3) is 0.150. The van der Waals surface area contributed by atoms with E-state index in [-0.39, 0.29) is 22.6 Å². The predicted octanol–water partition coefficient (Wildman–Crippen LogP) is 4.20. The van der Waals surface area contributed by atoms with Gasteiger partial charge in [0.1, 0.15) is 5.82 Å². The van der Waals surface area contributed by atoms with Crippen molar-refractivity contribution in [2.45, 2.75) is 19.8 Å². The minimum atomic E-state index is -0.646. The number of carbonyl (C=O) groups excluding carboxylic acids is 1. The summed E-state index contributed by atoms with van der Waals surface area (Å²) in [4.78, 5) is 31.0. The first-order valence-corrected chi connectivity index (χ1v) is 8.89. The number of aromatic nitrogens is 2. The van der Waals surface area contributed by atoms with Crippen molar-refractivity contribution in [1.29, 1.82) is 0 Å². The highest BCUT2D eigenvalue weighted by Gasteiger charge is 2.17. The number of H-pyrrole nitrogens is 1. The van der Waals surface area contributed by atoms with Crippen LogP contribution in [0.15, 0.2) is 47.5 Å². The lowest BCUT2D eigenvalue weighted by Crippen LogP contribution is -2.17. The maximum atomic E-state index is 14.3. The third-order valence-electron chi connectivity index (χ3n) is 4.22. The minimum absolute atomic E-state index is 0.0488. The quantitative estimate of drug-likeness (QED) is 0.597. The van der Waals surface area contributed by atoms with Crippen molar-refractivity contribution >= 4 is 28.9 Å². The number of rotatable bonds is 5. The Labute approximate surface area is 165 Å². The number of pyridine rings is 2. The molecule has 0 saturated heterocycles. The molecule has 0 aliphatic heterocycles. The maximum Gasteiger partial charge on any atom is 0.256 e. The second-order valence-corrected chi connectivity index (χ2v) is 6.97. The summed E-state index contributed by atoms with van der Waals surface area (Å²) < 4.78 is 14.3. The van der Waals surface area contributed by atoms with E-state index in [0.717, 1.165) is 0 Å². The predicted molar refractivity (Wildman–Crippen MR) is 108 cm³/mol. The monoisotopic (exact) mass is 400 g/mol. The first-order chi connectivity index (χ1) is 13.3. The van der Waals surface area contributed by atoms with Gasteiger partial charge < -0.3 is 16.0 Å². The second kappa shape index (κ2) is 7.82. The summed E-state index contributed by atoms with van der Waals surface area (Å²) in [6.07, 6.45) is 2.86. The molecule has 0 atom stereocenters. The zero-order chi connectivity index (χ0) is 20.4. The number of anilines is 2. The second-order valence-electron chi connectivity index (χ2n) is 6.53. The summed E-state index contributed by atoms with van der Waals surface area (Å²) >= 11 is 5.97. The third-order valence-corrected chi connectivity index (χ3v) is 4.46. The maximum absolute atomic E-state index is 14.3. The van der Waals surface area contributed by atoms with E-state index in [2.05, 4.69) is 15.3 Å². The molecule has 0 spiro atoms. The average molecular weight is 401 g/mol. The van der Waals surface area contributed by atoms with E-state index in [1.807, 2.05) is 13.8 Å². The number of nitrogens with zero attached hydrogens (tertiary/aromatic N) is 1. The molecule has 0 fully saturated rings. The number of carbonyl (C=O) groups is 1. The summed E-state index contributed by atoms with van der Waals surface area (Å²) in [5, 5.41) is 3.42. The number of hydrogen-bond donors (Lipinski definition) is 3. The number of nitrogens with two attached hydrogens (primary N) is 1. The lowest BCUT2D eigenvalue weighted by atomic mass is 10.0. The van der Waals surface area contributed by atoms with E-state index in [0.29, 0.717) is 22.1 Å². The molecule has 3 rings (SSSR count). The molecule has 144 valence electrons. The number of benzene rings is 1. The van der Waals surface area contributed by atoms with Crippen LogP contribution in [0.3, 0.4) is 0 Å². The average Bonchev–Trinajstić information content (AvgIpc) is 2.65. The molecule has 3 aromatic rings. The van der Waals surface area contributed by atoms with E-state index in [9.17, 15) is 14.0 Å². The fourth-order valence-corrected chi connectivity index (χ4v) is 3.02. The first kappa shape index (κ1) is 19.6. The van der Waals surface area contributed by atoms with Crippen molar-refractivity contribution in [2.24, 2.45) is 5.73 Å². The molecule has 2 aromatic heterocycles. The SMILES string of the molecule is CC(C)c1[nH]c(=O)c(-c2cc(Cl)ccc2F)cc1Nc1ccncc1C(N)=O. The van der Waals surface area contributed by atoms with Crippen LogP contribution in [0.2, 0.25) is 5.02 Å². The van der Waals surface area contributed by atoms with E-state index in [1.165, 1.54) is 36.7 Å². The van der Waals surface area contributed by atoms with Gasteiger partial charge in [-0.15, -0.1) is 0 Å². The van der Waals surface area contributed by atoms with E-state index in [1.54, 1.807) is 6.07 Å². The molecule has 4 N–H and O–H groups in total. The molecular formula is C20H18ClFN4O2. The number of primary amides is 1. The van der Waals surface area contributed by atoms with Gasteiger partial charge in [0.05, 0.1) is 22.5 Å². The summed E-state index contributed by atoms with van der Waals surface area (Å²) in [6, 6.07) is 7.13. The number of hydrogen-bond acceptors (Lipinski definition) is 4. The van der Waals surface area contributed by atoms with Gasteiger partial charge in [-0.2, -0.15) is 0 Å². The van der Waals surface area contributed by atoms with Crippen LogP contribution in [0.4, 0.5) is 15.8 Å². The fourth-order valence-electron chi connectivity index (χ4n) is 2.85. The lowest BCUT2D eigenvalue weighted by Gasteiger charge is -2.17. The zero-order valence-corrected chi connectivity index (χ0v) is 16.0. The summed E-state index contributed by atoms with van der Waals surface area (Å²) in [7, 11) is 0. The Hall–Kier alpha value is -3.19. The van der Waals surface area contributed by atoms with Crippen LogP contribution in [0, 0.1) is 5.82 Å². The van der Waals surface area contributed by atoms with Crippen LogP contribution in [-0.4, -0.2) is 15.9 Å². The van der Waals surface area contributed by atoms with E-state index >= 15 is 0 Å². The largest absolute Gasteiger partial charge is 0.365 e. The minimum Gasteiger partial charge on any atom is -0.365 e. The van der Waals surface area contributed by atoms with Crippen molar-refractivity contribution in [3.05, 3.63) is 75.2 Å². The molecule has 28 heavy (non-hydrogen) atoms. The topological polar surface area (TPSA) is 101 Å². The van der Waals surface area contributed by atoms with Crippen molar-refractivity contribution in [3.8, 4) is 11.1 Å². The van der Waals surface area contributed by atoms with Crippen LogP contribution in [0.5, 0.6) is 0 Å². The first-order valence-electron chi connectivity index (χ1n) is 8.51. The highest BCUT2D eigenvalue weighted by atomic mass is 35.5. The Morgan fingerprint density at radius 2 is 1.96 bits per heavy atom. The van der Waals surface area contributed by atoms with Gasteiger partial charge in [0.2, 0.25) is 0 Å². The Kier molecular flexibility index (Phi) is 5.46. The molecule has 1 amide bonds. The van der Waals surface area contributed by atoms with E-state index < -0.39 is 17.3 Å². The Bertz CT molecular complexity index is 1110. The Morgan fingerprint density at radius 1 is 1.21 bits per heavy atom. The van der Waals surface area contributed by atoms with Crippen LogP contribution in [-0.2, 0) is 0 Å². The van der Waals surface area contributed by atoms with Crippen molar-refractivity contribution in [2.75, 3.05) is 5.32 Å². The molecule has 0 unspecified atom stereocenters. The summed E-state index contributed by atoms with van der Waals surface area (Å²) in [5.41, 5.74) is 6.89. The number of nitrogens with one attached hydrogen (secondary N) is 2. The van der Waals surface area contributed by atoms with Gasteiger partial charge in [0.25, 0.3) is 11.5 Å². The normalized spacial score (nSPS) is 10.9. The number of halogens is 2. The van der Waals surface area contributed by atoms with Gasteiger partial charge in [-0.1, -0.05) is 25.4 Å². The van der Waals surface area contributed by atoms with Crippen molar-refractivity contribution in [1.82, 2.24) is 9.97 Å². The van der Waals surface area contributed by atoms with Crippen LogP contribution < -0.4 is 16.6 Å². The number of aromatic amines is 1. The molecule has 0 aliphatic rings. The molecule has 2 heterocycles. The highest BCUT2D eigenvalue weighted by molar-refractivity contribution is 6.30. The third kappa shape index (κ3) is 3.89. The zero-order valence-electron chi connectivity index (χ0n) is 15.2. The van der Waals surface area contributed by atoms with E-state index in [4.69, 9.17) is 17.3 Å². The Morgan fingerprint density at radius 3 is 2.64 bits per heavy atom. The van der Waals surface area contributed by atoms with Crippen LogP contribution >= 0.6 is 11.6 Å². The van der Waals surface area contributed by atoms with Gasteiger partial charge in [0.15, 0.2) is 0 Å². The van der Waals surface area contributed by atoms with Crippen LogP contribution in [0.1, 0.15) is 35.8 Å². The smallest absolute Gasteiger partial charge is 0.256 e. The summed E-state index contributed by atoms with van der Waals surface area (Å²) in [5.74, 6) is -1.26. The Balaban J connectivity index is 2.19. The van der Waals surface area contributed by atoms with Gasteiger partial charge >= 0.3 is 0 Å². The molecule has 0 aliphatic carbocycles. The molecule has 0 saturated carbocycles. The highest BCUT2D eigenvalue weighted by Crippen LogP contribution is 2.31. The molecular weight excluding hydrogens is 383 g/mol. The van der Waals surface area contributed by atoms with Gasteiger partial charge in [-0.05, 0) is 36.2 Å². The molecule has 0 radical (unpaired) electrons. The van der Waals surface area contributed by atoms with Gasteiger partial charge in [-0.3, -0.25) is 14.6 Å². The number of amides is 1. The standard InChI is InChI=1S/C20H18ClFN4O2/c1-10(2)18-17(25-16-5-6-24-9-14(16)19(23)27)8-13(20(28)26-18)12-7-11(21)3-4-15(12)22/h3-10H,1-2H3,(H2,23,27)(H,24,25)(H,26,28). The van der Waals surface area contributed by atoms with Crippen LogP contribution in [0.25, 0.3) is 11.1 Å². The van der Waals surface area contributed by atoms with Gasteiger partial charge in [-0.25, -0.2) is 4.39 Å². The molecule has 6 nitrogen and oxygen atoms in total. The summed E-state index contributed by atoms with van der Waals surface area (Å²) in [6.45, 7) is 3.80. The lowest BCUT2D eigenvalue weighted by molar-refractivity contribution is 0.100. The molecule has 8 heteroatoms. The molecule has 1 aromatic carbocycles. The van der Waals surface area contributed by atoms with Gasteiger partial charge in [0, 0.05) is 28.7 Å². The van der Waals surface area contributed by atoms with Crippen molar-refractivity contribution < 1.29 is 9.18 Å².